The lowest BCUT2D eigenvalue weighted by atomic mass is 9.93. The largest absolute Gasteiger partial charge is 0.375 e. The van der Waals surface area contributed by atoms with E-state index >= 15 is 0 Å². The summed E-state index contributed by atoms with van der Waals surface area (Å²) in [6.45, 7) is 3.07. The van der Waals surface area contributed by atoms with E-state index in [9.17, 15) is 0 Å². The fourth-order valence-electron chi connectivity index (χ4n) is 4.57. The Hall–Kier alpha value is -3.76. The van der Waals surface area contributed by atoms with Crippen LogP contribution in [0, 0.1) is 0 Å². The smallest absolute Gasteiger partial charge is 0.117 e. The van der Waals surface area contributed by atoms with Crippen LogP contribution in [0.25, 0.3) is 49.3 Å². The average molecular weight is 403 g/mol. The van der Waals surface area contributed by atoms with Crippen molar-refractivity contribution in [3.8, 4) is 16.9 Å². The van der Waals surface area contributed by atoms with Gasteiger partial charge in [-0.05, 0) is 39.9 Å². The van der Waals surface area contributed by atoms with Crippen LogP contribution in [-0.4, -0.2) is 21.6 Å². The minimum atomic E-state index is 0.437. The molecule has 0 unspecified atom stereocenters. The van der Waals surface area contributed by atoms with Crippen LogP contribution >= 0.6 is 0 Å². The van der Waals surface area contributed by atoms with Gasteiger partial charge in [0, 0.05) is 17.6 Å². The van der Waals surface area contributed by atoms with Crippen molar-refractivity contribution >= 4 is 32.3 Å². The summed E-state index contributed by atoms with van der Waals surface area (Å²) in [4.78, 5) is 0. The van der Waals surface area contributed by atoms with Gasteiger partial charge >= 0.3 is 0 Å². The third-order valence-electron chi connectivity index (χ3n) is 5.96. The number of nitrogens with zero attached hydrogens (tertiary/aromatic N) is 3. The van der Waals surface area contributed by atoms with Gasteiger partial charge in [0.2, 0.25) is 0 Å². The number of benzene rings is 5. The van der Waals surface area contributed by atoms with Crippen molar-refractivity contribution in [3.63, 3.8) is 0 Å². The molecule has 0 aliphatic rings. The molecule has 31 heavy (non-hydrogen) atoms. The molecule has 0 atom stereocenters. The van der Waals surface area contributed by atoms with Gasteiger partial charge in [0.15, 0.2) is 0 Å². The molecule has 0 spiro atoms. The molecule has 0 radical (unpaired) electrons. The number of hydrogen-bond acceptors (Lipinski definition) is 3. The molecule has 0 saturated heterocycles. The van der Waals surface area contributed by atoms with E-state index in [1.54, 1.807) is 0 Å². The zero-order valence-electron chi connectivity index (χ0n) is 17.2. The summed E-state index contributed by atoms with van der Waals surface area (Å²) in [5.74, 6) is 0. The maximum absolute atomic E-state index is 5.70. The van der Waals surface area contributed by atoms with Crippen molar-refractivity contribution in [1.82, 2.24) is 15.0 Å². The lowest BCUT2D eigenvalue weighted by Gasteiger charge is -2.15. The molecule has 0 aliphatic carbocycles. The highest BCUT2D eigenvalue weighted by Gasteiger charge is 2.19. The van der Waals surface area contributed by atoms with Crippen LogP contribution in [0.2, 0.25) is 0 Å². The van der Waals surface area contributed by atoms with Gasteiger partial charge in [-0.15, -0.1) is 5.10 Å². The Balaban J connectivity index is 1.67. The molecule has 0 bridgehead atoms. The minimum absolute atomic E-state index is 0.437. The molecular weight excluding hydrogens is 382 g/mol. The highest BCUT2D eigenvalue weighted by molar-refractivity contribution is 6.24. The Bertz CT molecular complexity index is 1500. The molecule has 6 aromatic rings. The van der Waals surface area contributed by atoms with Crippen LogP contribution in [0.1, 0.15) is 12.6 Å². The zero-order chi connectivity index (χ0) is 20.8. The maximum atomic E-state index is 5.70. The number of ether oxygens (including phenoxy) is 1. The fraction of sp³-hybridized carbons (Fsp3) is 0.111. The van der Waals surface area contributed by atoms with Crippen molar-refractivity contribution in [1.29, 1.82) is 0 Å². The van der Waals surface area contributed by atoms with Gasteiger partial charge in [0.25, 0.3) is 0 Å². The first-order chi connectivity index (χ1) is 15.3. The Kier molecular flexibility index (Phi) is 4.18. The van der Waals surface area contributed by atoms with Crippen LogP contribution < -0.4 is 0 Å². The third kappa shape index (κ3) is 2.80. The topological polar surface area (TPSA) is 39.9 Å². The lowest BCUT2D eigenvalue weighted by molar-refractivity contribution is 0.131. The summed E-state index contributed by atoms with van der Waals surface area (Å²) in [6.07, 6.45) is 0. The molecule has 6 rings (SSSR count). The summed E-state index contributed by atoms with van der Waals surface area (Å²) < 4.78 is 7.66. The summed E-state index contributed by atoms with van der Waals surface area (Å²) >= 11 is 0. The van der Waals surface area contributed by atoms with E-state index in [2.05, 4.69) is 77.0 Å². The molecule has 0 amide bonds. The Morgan fingerprint density at radius 3 is 2.23 bits per heavy atom. The van der Waals surface area contributed by atoms with Gasteiger partial charge in [-0.3, -0.25) is 0 Å². The monoisotopic (exact) mass is 403 g/mol. The van der Waals surface area contributed by atoms with Gasteiger partial charge in [-0.2, -0.15) is 0 Å². The van der Waals surface area contributed by atoms with E-state index < -0.39 is 0 Å². The van der Waals surface area contributed by atoms with Gasteiger partial charge < -0.3 is 4.74 Å². The number of rotatable bonds is 5. The van der Waals surface area contributed by atoms with Crippen LogP contribution in [0.3, 0.4) is 0 Å². The molecule has 4 heteroatoms. The Labute approximate surface area is 180 Å². The second-order valence-electron chi connectivity index (χ2n) is 7.74. The summed E-state index contributed by atoms with van der Waals surface area (Å²) in [7, 11) is 0. The van der Waals surface area contributed by atoms with E-state index in [0.717, 1.165) is 22.6 Å². The predicted molar refractivity (Wildman–Crippen MR) is 126 cm³/mol. The predicted octanol–water partition coefficient (Wildman–Crippen LogP) is 6.37. The number of aromatic nitrogens is 3. The van der Waals surface area contributed by atoms with Crippen LogP contribution in [0.5, 0.6) is 0 Å². The van der Waals surface area contributed by atoms with Crippen molar-refractivity contribution in [2.24, 2.45) is 0 Å². The molecule has 0 aliphatic heterocycles. The van der Waals surface area contributed by atoms with Gasteiger partial charge in [0.1, 0.15) is 11.4 Å². The van der Waals surface area contributed by atoms with Crippen molar-refractivity contribution in [2.75, 3.05) is 6.61 Å². The first-order valence-electron chi connectivity index (χ1n) is 10.6. The van der Waals surface area contributed by atoms with Crippen LogP contribution in [-0.2, 0) is 11.3 Å². The van der Waals surface area contributed by atoms with Crippen LogP contribution in [0.4, 0.5) is 0 Å². The minimum Gasteiger partial charge on any atom is -0.375 e. The summed E-state index contributed by atoms with van der Waals surface area (Å²) in [5.41, 5.74) is 3.93. The number of hydrogen-bond donors (Lipinski definition) is 0. The molecule has 0 fully saturated rings. The third-order valence-corrected chi connectivity index (χ3v) is 5.96. The second kappa shape index (κ2) is 7.18. The zero-order valence-corrected chi connectivity index (χ0v) is 17.2. The fourth-order valence-corrected chi connectivity index (χ4v) is 4.57. The van der Waals surface area contributed by atoms with E-state index in [4.69, 9.17) is 4.74 Å². The normalized spacial score (nSPS) is 11.8. The SMILES string of the molecule is CCOCc1nnn(-c2ccc3ccc4cccc5ccc2c3c45)c1-c1ccccc1. The van der Waals surface area contributed by atoms with Gasteiger partial charge in [-0.25, -0.2) is 4.68 Å². The quantitative estimate of drug-likeness (QED) is 0.314. The summed E-state index contributed by atoms with van der Waals surface area (Å²) in [5, 5.41) is 16.6. The van der Waals surface area contributed by atoms with E-state index in [1.807, 2.05) is 29.8 Å². The molecule has 0 saturated carbocycles. The first-order valence-corrected chi connectivity index (χ1v) is 10.6. The molecule has 150 valence electrons. The average Bonchev–Trinajstić information content (AvgIpc) is 3.25. The van der Waals surface area contributed by atoms with E-state index in [1.165, 1.54) is 32.3 Å². The Morgan fingerprint density at radius 1 is 0.742 bits per heavy atom. The molecule has 1 heterocycles. The van der Waals surface area contributed by atoms with Crippen molar-refractivity contribution in [2.45, 2.75) is 13.5 Å². The van der Waals surface area contributed by atoms with Crippen molar-refractivity contribution in [3.05, 3.63) is 90.6 Å². The molecule has 4 nitrogen and oxygen atoms in total. The lowest BCUT2D eigenvalue weighted by Crippen LogP contribution is -2.02. The summed E-state index contributed by atoms with van der Waals surface area (Å²) in [6, 6.07) is 29.9. The molecule has 1 aromatic heterocycles. The maximum Gasteiger partial charge on any atom is 0.117 e. The van der Waals surface area contributed by atoms with Crippen molar-refractivity contribution < 1.29 is 4.74 Å². The standard InChI is InChI=1S/C27H21N3O/c1-2-31-17-23-27(21-7-4-3-5-8-21)30(29-28-23)24-16-14-20-12-11-18-9-6-10-19-13-15-22(24)26(20)25(18)19/h3-16H,2,17H2,1H3. The van der Waals surface area contributed by atoms with E-state index in [-0.39, 0.29) is 0 Å². The van der Waals surface area contributed by atoms with Gasteiger partial charge in [-0.1, -0.05) is 84.1 Å². The highest BCUT2D eigenvalue weighted by atomic mass is 16.5. The molecule has 5 aromatic carbocycles. The second-order valence-corrected chi connectivity index (χ2v) is 7.74. The molecular formula is C27H21N3O. The first kappa shape index (κ1) is 18.0. The van der Waals surface area contributed by atoms with Crippen LogP contribution in [0.15, 0.2) is 84.9 Å². The molecule has 0 N–H and O–H groups in total. The Morgan fingerprint density at radius 2 is 1.45 bits per heavy atom. The van der Waals surface area contributed by atoms with Gasteiger partial charge in [0.05, 0.1) is 12.3 Å². The van der Waals surface area contributed by atoms with E-state index in [0.29, 0.717) is 13.2 Å². The highest BCUT2D eigenvalue weighted by Crippen LogP contribution is 2.38.